The highest BCUT2D eigenvalue weighted by atomic mass is 16.1. The number of likely N-dealkylation sites (tertiary alicyclic amines) is 1. The average molecular weight is 360 g/mol. The van der Waals surface area contributed by atoms with E-state index in [1.54, 1.807) is 0 Å². The third-order valence-corrected chi connectivity index (χ3v) is 5.19. The Bertz CT molecular complexity index is 971. The lowest BCUT2D eigenvalue weighted by Gasteiger charge is -2.17. The quantitative estimate of drug-likeness (QED) is 0.776. The second-order valence-corrected chi connectivity index (χ2v) is 7.28. The summed E-state index contributed by atoms with van der Waals surface area (Å²) in [5.74, 6) is -0.0384. The number of carbonyl (C=O) groups is 1. The van der Waals surface area contributed by atoms with Gasteiger partial charge in [-0.3, -0.25) is 9.69 Å². The van der Waals surface area contributed by atoms with Crippen molar-refractivity contribution in [3.8, 4) is 0 Å². The molecule has 0 radical (unpaired) electrons. The highest BCUT2D eigenvalue weighted by Gasteiger charge is 2.24. The van der Waals surface area contributed by atoms with Gasteiger partial charge in [0, 0.05) is 31.2 Å². The van der Waals surface area contributed by atoms with Crippen molar-refractivity contribution < 1.29 is 4.79 Å². The van der Waals surface area contributed by atoms with E-state index in [-0.39, 0.29) is 11.9 Å². The summed E-state index contributed by atoms with van der Waals surface area (Å²) in [7, 11) is 0. The third kappa shape index (κ3) is 3.98. The number of aromatic nitrogens is 2. The van der Waals surface area contributed by atoms with Gasteiger partial charge in [-0.2, -0.15) is 0 Å². The fraction of sp³-hybridized carbons (Fsp3) is 0.318. The molecule has 5 nitrogen and oxygen atoms in total. The zero-order valence-electron chi connectivity index (χ0n) is 15.8. The predicted octanol–water partition coefficient (Wildman–Crippen LogP) is 3.25. The molecule has 0 bridgehead atoms. The molecule has 2 aromatic carbocycles. The Labute approximate surface area is 159 Å². The molecule has 1 fully saturated rings. The summed E-state index contributed by atoms with van der Waals surface area (Å²) in [6, 6.07) is 16.2. The molecule has 1 unspecified atom stereocenters. The normalized spacial score (nSPS) is 17.3. The van der Waals surface area contributed by atoms with Crippen LogP contribution in [0.25, 0.3) is 11.0 Å². The number of benzene rings is 2. The van der Waals surface area contributed by atoms with Crippen LogP contribution in [0.2, 0.25) is 0 Å². The number of carbonyl (C=O) groups excluding carboxylic acids is 1. The maximum atomic E-state index is 12.7. The first-order chi connectivity index (χ1) is 13.1. The van der Waals surface area contributed by atoms with Crippen molar-refractivity contribution >= 4 is 16.9 Å². The van der Waals surface area contributed by atoms with E-state index in [1.165, 1.54) is 5.56 Å². The fourth-order valence-electron chi connectivity index (χ4n) is 3.58. The smallest absolute Gasteiger partial charge is 0.251 e. The number of fused-ring (bicyclic) bond motifs is 1. The number of nitrogens with zero attached hydrogens (tertiary/aromatic N) is 3. The van der Waals surface area contributed by atoms with Gasteiger partial charge in [0.2, 0.25) is 0 Å². The van der Waals surface area contributed by atoms with Gasteiger partial charge in [-0.15, -0.1) is 0 Å². The molecule has 2 heterocycles. The van der Waals surface area contributed by atoms with Crippen molar-refractivity contribution in [2.24, 2.45) is 0 Å². The minimum Gasteiger partial charge on any atom is -0.348 e. The minimum absolute atomic E-state index is 0.0384. The van der Waals surface area contributed by atoms with E-state index >= 15 is 0 Å². The van der Waals surface area contributed by atoms with Crippen molar-refractivity contribution in [3.05, 3.63) is 71.0 Å². The second kappa shape index (κ2) is 7.45. The summed E-state index contributed by atoms with van der Waals surface area (Å²) in [5.41, 5.74) is 5.36. The van der Waals surface area contributed by atoms with Gasteiger partial charge in [0.05, 0.1) is 22.4 Å². The van der Waals surface area contributed by atoms with Crippen LogP contribution in [0.3, 0.4) is 0 Å². The summed E-state index contributed by atoms with van der Waals surface area (Å²) >= 11 is 0. The largest absolute Gasteiger partial charge is 0.348 e. The maximum absolute atomic E-state index is 12.7. The zero-order chi connectivity index (χ0) is 18.8. The number of aryl methyl sites for hydroxylation is 2. The SMILES string of the molecule is Cc1nc2ccc(C(=O)NC3CCN(Cc4ccccc4)C3)cc2nc1C. The summed E-state index contributed by atoms with van der Waals surface area (Å²) < 4.78 is 0. The van der Waals surface area contributed by atoms with Crippen molar-refractivity contribution in [2.75, 3.05) is 13.1 Å². The maximum Gasteiger partial charge on any atom is 0.251 e. The molecular weight excluding hydrogens is 336 g/mol. The Balaban J connectivity index is 1.40. The molecule has 0 saturated carbocycles. The van der Waals surface area contributed by atoms with Crippen LogP contribution in [0.4, 0.5) is 0 Å². The van der Waals surface area contributed by atoms with Gasteiger partial charge < -0.3 is 5.32 Å². The molecule has 1 saturated heterocycles. The molecule has 1 atom stereocenters. The first-order valence-electron chi connectivity index (χ1n) is 9.40. The molecule has 1 aliphatic rings. The van der Waals surface area contributed by atoms with E-state index < -0.39 is 0 Å². The van der Waals surface area contributed by atoms with E-state index in [9.17, 15) is 4.79 Å². The third-order valence-electron chi connectivity index (χ3n) is 5.19. The highest BCUT2D eigenvalue weighted by Crippen LogP contribution is 2.17. The number of rotatable bonds is 4. The molecule has 0 spiro atoms. The molecule has 5 heteroatoms. The Morgan fingerprint density at radius 2 is 1.81 bits per heavy atom. The molecule has 0 aliphatic carbocycles. The Hall–Kier alpha value is -2.79. The number of hydrogen-bond donors (Lipinski definition) is 1. The predicted molar refractivity (Wildman–Crippen MR) is 107 cm³/mol. The first kappa shape index (κ1) is 17.6. The van der Waals surface area contributed by atoms with Gasteiger partial charge >= 0.3 is 0 Å². The first-order valence-corrected chi connectivity index (χ1v) is 9.40. The second-order valence-electron chi connectivity index (χ2n) is 7.28. The fourth-order valence-corrected chi connectivity index (χ4v) is 3.58. The molecule has 1 amide bonds. The Morgan fingerprint density at radius 1 is 1.07 bits per heavy atom. The van der Waals surface area contributed by atoms with Gasteiger partial charge in [0.1, 0.15) is 0 Å². The average Bonchev–Trinajstić information content (AvgIpc) is 3.10. The van der Waals surface area contributed by atoms with E-state index in [0.717, 1.165) is 48.5 Å². The lowest BCUT2D eigenvalue weighted by atomic mass is 10.1. The van der Waals surface area contributed by atoms with Gasteiger partial charge in [0.25, 0.3) is 5.91 Å². The van der Waals surface area contributed by atoms with Crippen LogP contribution < -0.4 is 5.32 Å². The number of nitrogens with one attached hydrogen (secondary N) is 1. The topological polar surface area (TPSA) is 58.1 Å². The monoisotopic (exact) mass is 360 g/mol. The van der Waals surface area contributed by atoms with Crippen LogP contribution >= 0.6 is 0 Å². The van der Waals surface area contributed by atoms with Gasteiger partial charge in [-0.1, -0.05) is 30.3 Å². The van der Waals surface area contributed by atoms with Crippen LogP contribution in [-0.4, -0.2) is 39.9 Å². The van der Waals surface area contributed by atoms with E-state index in [0.29, 0.717) is 5.56 Å². The van der Waals surface area contributed by atoms with Crippen molar-refractivity contribution in [1.82, 2.24) is 20.2 Å². The molecular formula is C22H24N4O. The Kier molecular flexibility index (Phi) is 4.86. The number of hydrogen-bond acceptors (Lipinski definition) is 4. The van der Waals surface area contributed by atoms with Crippen LogP contribution in [0, 0.1) is 13.8 Å². The van der Waals surface area contributed by atoms with E-state index in [1.807, 2.05) is 38.1 Å². The molecule has 4 rings (SSSR count). The van der Waals surface area contributed by atoms with Gasteiger partial charge in [-0.05, 0) is 44.0 Å². The van der Waals surface area contributed by atoms with Gasteiger partial charge in [-0.25, -0.2) is 9.97 Å². The lowest BCUT2D eigenvalue weighted by molar-refractivity contribution is 0.0937. The standard InChI is InChI=1S/C22H24N4O/c1-15-16(2)24-21-12-18(8-9-20(21)23-15)22(27)25-19-10-11-26(14-19)13-17-6-4-3-5-7-17/h3-9,12,19H,10-11,13-14H2,1-2H3,(H,25,27). The highest BCUT2D eigenvalue weighted by molar-refractivity contribution is 5.97. The Morgan fingerprint density at radius 3 is 2.59 bits per heavy atom. The molecule has 1 N–H and O–H groups in total. The van der Waals surface area contributed by atoms with Crippen molar-refractivity contribution in [2.45, 2.75) is 32.9 Å². The van der Waals surface area contributed by atoms with Crippen LogP contribution in [0.15, 0.2) is 48.5 Å². The molecule has 1 aromatic heterocycles. The van der Waals surface area contributed by atoms with Crippen LogP contribution in [0.5, 0.6) is 0 Å². The van der Waals surface area contributed by atoms with Crippen LogP contribution in [0.1, 0.15) is 33.7 Å². The zero-order valence-corrected chi connectivity index (χ0v) is 15.8. The van der Waals surface area contributed by atoms with Gasteiger partial charge in [0.15, 0.2) is 0 Å². The molecule has 3 aromatic rings. The minimum atomic E-state index is -0.0384. The van der Waals surface area contributed by atoms with Crippen molar-refractivity contribution in [1.29, 1.82) is 0 Å². The van der Waals surface area contributed by atoms with Crippen molar-refractivity contribution in [3.63, 3.8) is 0 Å². The summed E-state index contributed by atoms with van der Waals surface area (Å²) in [6.07, 6.45) is 0.976. The van der Waals surface area contributed by atoms with Crippen LogP contribution in [-0.2, 0) is 6.54 Å². The summed E-state index contributed by atoms with van der Waals surface area (Å²) in [4.78, 5) is 24.2. The van der Waals surface area contributed by atoms with E-state index in [2.05, 4.69) is 44.5 Å². The summed E-state index contributed by atoms with van der Waals surface area (Å²) in [6.45, 7) is 6.70. The molecule has 1 aliphatic heterocycles. The molecule has 138 valence electrons. The lowest BCUT2D eigenvalue weighted by Crippen LogP contribution is -2.37. The van der Waals surface area contributed by atoms with E-state index in [4.69, 9.17) is 0 Å². The number of amides is 1. The summed E-state index contributed by atoms with van der Waals surface area (Å²) in [5, 5.41) is 3.17. The molecule has 27 heavy (non-hydrogen) atoms.